The molecule has 0 radical (unpaired) electrons. The molecular weight excluding hydrogens is 284 g/mol. The van der Waals surface area contributed by atoms with Crippen LogP contribution in [0.25, 0.3) is 0 Å². The zero-order chi connectivity index (χ0) is 16.9. The van der Waals surface area contributed by atoms with E-state index in [-0.39, 0.29) is 29.6 Å². The smallest absolute Gasteiger partial charge is 0.330 e. The maximum atomic E-state index is 12.4. The predicted octanol–water partition coefficient (Wildman–Crippen LogP) is 2.53. The fourth-order valence-electron chi connectivity index (χ4n) is 2.90. The highest BCUT2D eigenvalue weighted by Crippen LogP contribution is 2.32. The van der Waals surface area contributed by atoms with Crippen LogP contribution in [0.4, 0.5) is 0 Å². The van der Waals surface area contributed by atoms with Gasteiger partial charge in [0, 0.05) is 12.5 Å². The Balaban J connectivity index is 2.81. The molecule has 0 aromatic heterocycles. The molecule has 0 aromatic rings. The Bertz CT molecular complexity index is 442. The van der Waals surface area contributed by atoms with Crippen molar-refractivity contribution in [3.8, 4) is 0 Å². The van der Waals surface area contributed by atoms with Crippen LogP contribution in [-0.2, 0) is 23.9 Å². The number of ketones is 1. The summed E-state index contributed by atoms with van der Waals surface area (Å²) in [5.41, 5.74) is 0. The first-order valence-corrected chi connectivity index (χ1v) is 7.77. The Morgan fingerprint density at radius 1 is 1.18 bits per heavy atom. The summed E-state index contributed by atoms with van der Waals surface area (Å²) in [6.45, 7) is 7.96. The Morgan fingerprint density at radius 2 is 1.77 bits per heavy atom. The monoisotopic (exact) mass is 310 g/mol. The molecule has 5 nitrogen and oxygen atoms in total. The molecule has 1 fully saturated rings. The van der Waals surface area contributed by atoms with Gasteiger partial charge in [-0.1, -0.05) is 33.8 Å². The molecule has 0 spiro atoms. The van der Waals surface area contributed by atoms with Gasteiger partial charge in [-0.3, -0.25) is 9.59 Å². The number of allylic oxidation sites excluding steroid dienone is 1. The van der Waals surface area contributed by atoms with Crippen LogP contribution in [0.2, 0.25) is 0 Å². The third kappa shape index (κ3) is 4.68. The zero-order valence-electron chi connectivity index (χ0n) is 14.0. The number of carbonyl (C=O) groups excluding carboxylic acids is 3. The third-order valence-electron chi connectivity index (χ3n) is 4.00. The maximum Gasteiger partial charge on any atom is 0.330 e. The second-order valence-electron chi connectivity index (χ2n) is 6.42. The van der Waals surface area contributed by atoms with Gasteiger partial charge in [-0.25, -0.2) is 4.79 Å². The number of carbonyl (C=O) groups is 3. The van der Waals surface area contributed by atoms with Crippen LogP contribution in [0.3, 0.4) is 0 Å². The lowest BCUT2D eigenvalue weighted by molar-refractivity contribution is -0.161. The largest absolute Gasteiger partial charge is 0.466 e. The zero-order valence-corrected chi connectivity index (χ0v) is 14.0. The summed E-state index contributed by atoms with van der Waals surface area (Å²) < 4.78 is 10.1. The lowest BCUT2D eigenvalue weighted by Gasteiger charge is -2.27. The number of hydrogen-bond donors (Lipinski definition) is 0. The Hall–Kier alpha value is -1.65. The summed E-state index contributed by atoms with van der Waals surface area (Å²) in [5, 5.41) is 0. The van der Waals surface area contributed by atoms with E-state index in [1.807, 2.05) is 27.7 Å². The van der Waals surface area contributed by atoms with Crippen LogP contribution >= 0.6 is 0 Å². The third-order valence-corrected chi connectivity index (χ3v) is 4.00. The number of esters is 2. The van der Waals surface area contributed by atoms with Crippen molar-refractivity contribution < 1.29 is 23.9 Å². The van der Waals surface area contributed by atoms with Crippen LogP contribution in [0.1, 0.15) is 40.5 Å². The average Bonchev–Trinajstić information content (AvgIpc) is 2.82. The molecule has 0 aliphatic heterocycles. The van der Waals surface area contributed by atoms with Crippen molar-refractivity contribution in [3.63, 3.8) is 0 Å². The van der Waals surface area contributed by atoms with Crippen LogP contribution in [0.5, 0.6) is 0 Å². The summed E-state index contributed by atoms with van der Waals surface area (Å²) in [5.74, 6) is -1.81. The van der Waals surface area contributed by atoms with Crippen molar-refractivity contribution >= 4 is 17.7 Å². The van der Waals surface area contributed by atoms with E-state index in [1.165, 1.54) is 13.2 Å². The first kappa shape index (κ1) is 18.4. The van der Waals surface area contributed by atoms with Gasteiger partial charge < -0.3 is 9.47 Å². The SMILES string of the molecule is COC(=O)/C=C/[C@@H]1CCC(=O)C1C(=O)OC(C(C)C)C(C)C. The highest BCUT2D eigenvalue weighted by molar-refractivity contribution is 6.01. The van der Waals surface area contributed by atoms with Crippen LogP contribution in [0, 0.1) is 23.7 Å². The van der Waals surface area contributed by atoms with Crippen LogP contribution < -0.4 is 0 Å². The van der Waals surface area contributed by atoms with E-state index in [4.69, 9.17) is 4.74 Å². The summed E-state index contributed by atoms with van der Waals surface area (Å²) >= 11 is 0. The van der Waals surface area contributed by atoms with E-state index in [1.54, 1.807) is 6.08 Å². The number of Topliss-reactive ketones (excluding diaryl/α,β-unsaturated/α-hetero) is 1. The van der Waals surface area contributed by atoms with Gasteiger partial charge in [0.1, 0.15) is 17.8 Å². The topological polar surface area (TPSA) is 69.7 Å². The van der Waals surface area contributed by atoms with Crippen molar-refractivity contribution in [1.82, 2.24) is 0 Å². The highest BCUT2D eigenvalue weighted by atomic mass is 16.5. The molecule has 5 heteroatoms. The van der Waals surface area contributed by atoms with E-state index in [9.17, 15) is 14.4 Å². The number of methoxy groups -OCH3 is 1. The molecule has 0 saturated heterocycles. The highest BCUT2D eigenvalue weighted by Gasteiger charge is 2.41. The van der Waals surface area contributed by atoms with E-state index in [2.05, 4.69) is 4.74 Å². The van der Waals surface area contributed by atoms with Gasteiger partial charge in [-0.15, -0.1) is 0 Å². The van der Waals surface area contributed by atoms with Crippen LogP contribution in [0.15, 0.2) is 12.2 Å². The summed E-state index contributed by atoms with van der Waals surface area (Å²) in [6.07, 6.45) is 3.53. The second-order valence-corrected chi connectivity index (χ2v) is 6.42. The lowest BCUT2D eigenvalue weighted by Crippen LogP contribution is -2.34. The first-order valence-electron chi connectivity index (χ1n) is 7.77. The fourth-order valence-corrected chi connectivity index (χ4v) is 2.90. The standard InChI is InChI=1S/C17H26O5/c1-10(2)16(11(3)4)22-17(20)15-12(6-8-13(15)18)7-9-14(19)21-5/h7,9-12,15-16H,6,8H2,1-5H3/b9-7+/t12-,15?/m0/s1. The molecule has 124 valence electrons. The summed E-state index contributed by atoms with van der Waals surface area (Å²) in [7, 11) is 1.29. The number of hydrogen-bond acceptors (Lipinski definition) is 5. The van der Waals surface area contributed by atoms with Crippen molar-refractivity contribution in [3.05, 3.63) is 12.2 Å². The second kappa shape index (κ2) is 8.11. The quantitative estimate of drug-likeness (QED) is 0.428. The van der Waals surface area contributed by atoms with E-state index < -0.39 is 17.9 Å². The first-order chi connectivity index (χ1) is 10.3. The van der Waals surface area contributed by atoms with Gasteiger partial charge in [0.05, 0.1) is 7.11 Å². The van der Waals surface area contributed by atoms with E-state index >= 15 is 0 Å². The normalized spacial score (nSPS) is 22.1. The average molecular weight is 310 g/mol. The molecule has 22 heavy (non-hydrogen) atoms. The van der Waals surface area contributed by atoms with Crippen molar-refractivity contribution in [2.75, 3.05) is 7.11 Å². The predicted molar refractivity (Wildman–Crippen MR) is 81.9 cm³/mol. The Labute approximate surface area is 132 Å². The number of rotatable bonds is 6. The van der Waals surface area contributed by atoms with Gasteiger partial charge >= 0.3 is 11.9 Å². The molecule has 1 unspecified atom stereocenters. The molecule has 1 saturated carbocycles. The number of ether oxygens (including phenoxy) is 2. The van der Waals surface area contributed by atoms with E-state index in [0.29, 0.717) is 12.8 Å². The lowest BCUT2D eigenvalue weighted by atomic mass is 9.93. The van der Waals surface area contributed by atoms with Gasteiger partial charge in [0.2, 0.25) is 0 Å². The molecule has 0 bridgehead atoms. The molecule has 0 heterocycles. The Kier molecular flexibility index (Phi) is 6.78. The van der Waals surface area contributed by atoms with Gasteiger partial charge in [-0.05, 0) is 24.2 Å². The summed E-state index contributed by atoms with van der Waals surface area (Å²) in [4.78, 5) is 35.6. The minimum atomic E-state index is -0.805. The summed E-state index contributed by atoms with van der Waals surface area (Å²) in [6, 6.07) is 0. The molecule has 0 amide bonds. The minimum absolute atomic E-state index is 0.115. The molecule has 1 rings (SSSR count). The molecular formula is C17H26O5. The van der Waals surface area contributed by atoms with Crippen molar-refractivity contribution in [1.29, 1.82) is 0 Å². The molecule has 2 atom stereocenters. The fraction of sp³-hybridized carbons (Fsp3) is 0.706. The Morgan fingerprint density at radius 3 is 2.27 bits per heavy atom. The van der Waals surface area contributed by atoms with Crippen molar-refractivity contribution in [2.45, 2.75) is 46.6 Å². The molecule has 1 aliphatic rings. The molecule has 0 aromatic carbocycles. The molecule has 1 aliphatic carbocycles. The van der Waals surface area contributed by atoms with Crippen LogP contribution in [-0.4, -0.2) is 30.9 Å². The van der Waals surface area contributed by atoms with Gasteiger partial charge in [0.25, 0.3) is 0 Å². The van der Waals surface area contributed by atoms with Gasteiger partial charge in [0.15, 0.2) is 0 Å². The van der Waals surface area contributed by atoms with Gasteiger partial charge in [-0.2, -0.15) is 0 Å². The van der Waals surface area contributed by atoms with E-state index in [0.717, 1.165) is 0 Å². The maximum absolute atomic E-state index is 12.4. The van der Waals surface area contributed by atoms with Crippen molar-refractivity contribution in [2.24, 2.45) is 23.7 Å². The molecule has 0 N–H and O–H groups in total. The minimum Gasteiger partial charge on any atom is -0.466 e.